The highest BCUT2D eigenvalue weighted by Gasteiger charge is 2.26. The van der Waals surface area contributed by atoms with E-state index in [1.165, 1.54) is 13.8 Å². The summed E-state index contributed by atoms with van der Waals surface area (Å²) in [5.74, 6) is -1.20. The molecule has 0 fully saturated rings. The Balaban J connectivity index is 3.20. The third-order valence-corrected chi connectivity index (χ3v) is 2.17. The topological polar surface area (TPSA) is 112 Å². The van der Waals surface area contributed by atoms with Crippen LogP contribution >= 0.6 is 0 Å². The first-order valence-electron chi connectivity index (χ1n) is 5.26. The van der Waals surface area contributed by atoms with E-state index in [1.54, 1.807) is 6.92 Å². The average molecular weight is 254 g/mol. The molecule has 1 aromatic rings. The third-order valence-electron chi connectivity index (χ3n) is 2.17. The summed E-state index contributed by atoms with van der Waals surface area (Å²) in [5, 5.41) is 2.23. The third kappa shape index (κ3) is 2.68. The zero-order valence-electron chi connectivity index (χ0n) is 10.3. The van der Waals surface area contributed by atoms with Crippen LogP contribution in [0.4, 0.5) is 10.7 Å². The van der Waals surface area contributed by atoms with Gasteiger partial charge in [0.05, 0.1) is 12.2 Å². The van der Waals surface area contributed by atoms with E-state index in [1.807, 2.05) is 0 Å². The predicted molar refractivity (Wildman–Crippen MR) is 62.6 cm³/mol. The van der Waals surface area contributed by atoms with E-state index in [9.17, 15) is 14.4 Å². The first kappa shape index (κ1) is 13.8. The molecule has 0 aromatic carbocycles. The van der Waals surface area contributed by atoms with Crippen LogP contribution in [-0.2, 0) is 4.74 Å². The number of Topliss-reactive ketones (excluding diaryl/α,β-unsaturated/α-hetero) is 1. The summed E-state index contributed by atoms with van der Waals surface area (Å²) in [6.45, 7) is 4.57. The maximum absolute atomic E-state index is 11.4. The van der Waals surface area contributed by atoms with Crippen molar-refractivity contribution < 1.29 is 23.5 Å². The number of nitrogens with two attached hydrogens (primary N) is 1. The minimum absolute atomic E-state index is 0.0642. The molecule has 0 aliphatic heterocycles. The Morgan fingerprint density at radius 1 is 1.33 bits per heavy atom. The molecule has 0 aliphatic carbocycles. The zero-order chi connectivity index (χ0) is 13.9. The fourth-order valence-electron chi connectivity index (χ4n) is 1.55. The Kier molecular flexibility index (Phi) is 4.09. The van der Waals surface area contributed by atoms with Crippen molar-refractivity contribution in [2.24, 2.45) is 5.73 Å². The van der Waals surface area contributed by atoms with Crippen molar-refractivity contribution in [3.63, 3.8) is 0 Å². The van der Waals surface area contributed by atoms with E-state index >= 15 is 0 Å². The van der Waals surface area contributed by atoms with Gasteiger partial charge in [0.15, 0.2) is 5.78 Å². The molecular formula is C11H14N2O5. The SMILES string of the molecule is CCOC(=O)Nc1oc(C)c(C(C)=O)c1C(N)=O. The van der Waals surface area contributed by atoms with Crippen LogP contribution in [-0.4, -0.2) is 24.4 Å². The molecule has 0 unspecified atom stereocenters. The first-order chi connectivity index (χ1) is 8.38. The lowest BCUT2D eigenvalue weighted by atomic mass is 10.1. The van der Waals surface area contributed by atoms with Crippen LogP contribution < -0.4 is 11.1 Å². The maximum Gasteiger partial charge on any atom is 0.413 e. The molecule has 0 bridgehead atoms. The van der Waals surface area contributed by atoms with Crippen LogP contribution in [0, 0.1) is 6.92 Å². The number of aryl methyl sites for hydroxylation is 1. The summed E-state index contributed by atoms with van der Waals surface area (Å²) >= 11 is 0. The smallest absolute Gasteiger partial charge is 0.413 e. The Morgan fingerprint density at radius 3 is 2.39 bits per heavy atom. The average Bonchev–Trinajstić information content (AvgIpc) is 2.55. The predicted octanol–water partition coefficient (Wildman–Crippen LogP) is 1.46. The lowest BCUT2D eigenvalue weighted by Gasteiger charge is -2.03. The molecule has 3 N–H and O–H groups in total. The molecule has 0 atom stereocenters. The molecule has 7 nitrogen and oxygen atoms in total. The minimum Gasteiger partial charge on any atom is -0.450 e. The Labute approximate surface area is 103 Å². The van der Waals surface area contributed by atoms with Crippen molar-refractivity contribution in [3.8, 4) is 0 Å². The standard InChI is InChI=1S/C11H14N2O5/c1-4-17-11(16)13-10-8(9(12)15)7(5(2)14)6(3)18-10/h4H2,1-3H3,(H2,12,15)(H,13,16). The van der Waals surface area contributed by atoms with Crippen LogP contribution in [0.25, 0.3) is 0 Å². The van der Waals surface area contributed by atoms with E-state index < -0.39 is 12.0 Å². The van der Waals surface area contributed by atoms with E-state index in [4.69, 9.17) is 10.2 Å². The molecule has 2 amide bonds. The van der Waals surface area contributed by atoms with E-state index in [-0.39, 0.29) is 35.2 Å². The fraction of sp³-hybridized carbons (Fsp3) is 0.364. The fourth-order valence-corrected chi connectivity index (χ4v) is 1.55. The maximum atomic E-state index is 11.4. The molecule has 0 saturated heterocycles. The van der Waals surface area contributed by atoms with Gasteiger partial charge in [0.2, 0.25) is 5.88 Å². The number of hydrogen-bond donors (Lipinski definition) is 2. The van der Waals surface area contributed by atoms with Crippen molar-refractivity contribution >= 4 is 23.7 Å². The van der Waals surface area contributed by atoms with Crippen molar-refractivity contribution in [2.45, 2.75) is 20.8 Å². The summed E-state index contributed by atoms with van der Waals surface area (Å²) in [4.78, 5) is 34.0. The monoisotopic (exact) mass is 254 g/mol. The number of nitrogens with one attached hydrogen (secondary N) is 1. The van der Waals surface area contributed by atoms with Gasteiger partial charge >= 0.3 is 6.09 Å². The summed E-state index contributed by atoms with van der Waals surface area (Å²) in [6.07, 6.45) is -0.788. The van der Waals surface area contributed by atoms with Crippen LogP contribution in [0.3, 0.4) is 0 Å². The number of hydrogen-bond acceptors (Lipinski definition) is 5. The second kappa shape index (κ2) is 5.35. The van der Waals surface area contributed by atoms with E-state index in [0.717, 1.165) is 0 Å². The molecule has 1 heterocycles. The number of furan rings is 1. The molecule has 0 radical (unpaired) electrons. The molecule has 0 aliphatic rings. The van der Waals surface area contributed by atoms with Gasteiger partial charge in [0.25, 0.3) is 5.91 Å². The zero-order valence-corrected chi connectivity index (χ0v) is 10.3. The van der Waals surface area contributed by atoms with Crippen LogP contribution in [0.15, 0.2) is 4.42 Å². The van der Waals surface area contributed by atoms with Crippen LogP contribution in [0.1, 0.15) is 40.3 Å². The molecule has 1 rings (SSSR count). The number of ether oxygens (including phenoxy) is 1. The number of anilines is 1. The second-order valence-corrected chi connectivity index (χ2v) is 3.50. The Hall–Kier alpha value is -2.31. The highest BCUT2D eigenvalue weighted by atomic mass is 16.5. The Morgan fingerprint density at radius 2 is 1.94 bits per heavy atom. The van der Waals surface area contributed by atoms with E-state index in [2.05, 4.69) is 10.1 Å². The van der Waals surface area contributed by atoms with Gasteiger partial charge in [-0.1, -0.05) is 0 Å². The van der Waals surface area contributed by atoms with Gasteiger partial charge in [0, 0.05) is 0 Å². The molecule has 98 valence electrons. The number of amides is 2. The molecular weight excluding hydrogens is 240 g/mol. The van der Waals surface area contributed by atoms with Crippen molar-refractivity contribution in [1.82, 2.24) is 0 Å². The molecule has 7 heteroatoms. The van der Waals surface area contributed by atoms with Crippen LogP contribution in [0.2, 0.25) is 0 Å². The number of carbonyl (C=O) groups excluding carboxylic acids is 3. The summed E-state index contributed by atoms with van der Waals surface area (Å²) in [7, 11) is 0. The first-order valence-corrected chi connectivity index (χ1v) is 5.26. The number of ketones is 1. The lowest BCUT2D eigenvalue weighted by Crippen LogP contribution is -2.19. The molecule has 0 saturated carbocycles. The normalized spacial score (nSPS) is 9.94. The van der Waals surface area contributed by atoms with Gasteiger partial charge in [-0.15, -0.1) is 0 Å². The molecule has 1 aromatic heterocycles. The van der Waals surface area contributed by atoms with E-state index in [0.29, 0.717) is 0 Å². The lowest BCUT2D eigenvalue weighted by molar-refractivity contribution is 0.0974. The quantitative estimate of drug-likeness (QED) is 0.790. The Bertz CT molecular complexity index is 504. The number of carbonyl (C=O) groups is 3. The number of rotatable bonds is 4. The van der Waals surface area contributed by atoms with Gasteiger partial charge in [-0.2, -0.15) is 0 Å². The van der Waals surface area contributed by atoms with Gasteiger partial charge in [-0.05, 0) is 20.8 Å². The highest BCUT2D eigenvalue weighted by molar-refractivity contribution is 6.11. The summed E-state index contributed by atoms with van der Waals surface area (Å²) in [5.41, 5.74) is 5.09. The van der Waals surface area contributed by atoms with Crippen LogP contribution in [0.5, 0.6) is 0 Å². The second-order valence-electron chi connectivity index (χ2n) is 3.50. The summed E-state index contributed by atoms with van der Waals surface area (Å²) < 4.78 is 9.79. The van der Waals surface area contributed by atoms with Gasteiger partial charge < -0.3 is 14.9 Å². The molecule has 18 heavy (non-hydrogen) atoms. The van der Waals surface area contributed by atoms with Crippen molar-refractivity contribution in [1.29, 1.82) is 0 Å². The van der Waals surface area contributed by atoms with Crippen molar-refractivity contribution in [2.75, 3.05) is 11.9 Å². The van der Waals surface area contributed by atoms with Gasteiger partial charge in [-0.3, -0.25) is 14.9 Å². The highest BCUT2D eigenvalue weighted by Crippen LogP contribution is 2.27. The van der Waals surface area contributed by atoms with Gasteiger partial charge in [0.1, 0.15) is 11.3 Å². The minimum atomic E-state index is -0.858. The largest absolute Gasteiger partial charge is 0.450 e. The number of primary amides is 1. The molecule has 0 spiro atoms. The summed E-state index contributed by atoms with van der Waals surface area (Å²) in [6, 6.07) is 0. The van der Waals surface area contributed by atoms with Gasteiger partial charge in [-0.25, -0.2) is 4.79 Å². The van der Waals surface area contributed by atoms with Crippen molar-refractivity contribution in [3.05, 3.63) is 16.9 Å².